The van der Waals surface area contributed by atoms with Crippen molar-refractivity contribution in [1.82, 2.24) is 0 Å². The van der Waals surface area contributed by atoms with E-state index >= 15 is 0 Å². The lowest BCUT2D eigenvalue weighted by molar-refractivity contribution is -0.0750. The van der Waals surface area contributed by atoms with E-state index in [1.807, 2.05) is 6.92 Å². The first kappa shape index (κ1) is 18.1. The molecular formula is C18H24F4O. The van der Waals surface area contributed by atoms with Crippen LogP contribution in [0.1, 0.15) is 63.9 Å². The lowest BCUT2D eigenvalue weighted by Gasteiger charge is -2.33. The number of ether oxygens (including phenoxy) is 1. The largest absolute Gasteiger partial charge is 0.490 e. The molecule has 0 bridgehead atoms. The van der Waals surface area contributed by atoms with E-state index in [2.05, 4.69) is 0 Å². The second kappa shape index (κ2) is 7.54. The molecule has 130 valence electrons. The lowest BCUT2D eigenvalue weighted by Crippen LogP contribution is -2.31. The molecule has 0 heterocycles. The minimum absolute atomic E-state index is 0.0840. The number of hydrogen-bond donors (Lipinski definition) is 0. The van der Waals surface area contributed by atoms with Crippen molar-refractivity contribution in [2.24, 2.45) is 5.92 Å². The van der Waals surface area contributed by atoms with E-state index in [9.17, 15) is 17.6 Å². The SMILES string of the molecule is CCCOc1ccc(C2CCC(C(F)(F)CC)CC2)c(F)c1F. The molecule has 0 saturated heterocycles. The average Bonchev–Trinajstić information content (AvgIpc) is 2.56. The van der Waals surface area contributed by atoms with Gasteiger partial charge in [-0.15, -0.1) is 0 Å². The maximum absolute atomic E-state index is 14.3. The number of halogens is 4. The molecule has 0 spiro atoms. The molecule has 1 fully saturated rings. The van der Waals surface area contributed by atoms with Gasteiger partial charge in [-0.05, 0) is 49.7 Å². The summed E-state index contributed by atoms with van der Waals surface area (Å²) in [5.41, 5.74) is 0.282. The molecule has 5 heteroatoms. The molecule has 1 aliphatic rings. The van der Waals surface area contributed by atoms with Gasteiger partial charge in [0, 0.05) is 12.3 Å². The third-order valence-electron chi connectivity index (χ3n) is 4.77. The Morgan fingerprint density at radius 3 is 2.26 bits per heavy atom. The molecule has 1 aliphatic carbocycles. The minimum Gasteiger partial charge on any atom is -0.490 e. The Hall–Kier alpha value is -1.26. The Kier molecular flexibility index (Phi) is 5.93. The van der Waals surface area contributed by atoms with Crippen LogP contribution < -0.4 is 4.74 Å². The lowest BCUT2D eigenvalue weighted by atomic mass is 9.75. The van der Waals surface area contributed by atoms with Crippen LogP contribution in [-0.4, -0.2) is 12.5 Å². The zero-order valence-electron chi connectivity index (χ0n) is 13.7. The van der Waals surface area contributed by atoms with Crippen molar-refractivity contribution < 1.29 is 22.3 Å². The molecule has 1 aromatic rings. The normalized spacial score (nSPS) is 22.2. The fourth-order valence-corrected chi connectivity index (χ4v) is 3.30. The predicted octanol–water partition coefficient (Wildman–Crippen LogP) is 6.07. The van der Waals surface area contributed by atoms with Gasteiger partial charge in [0.25, 0.3) is 5.92 Å². The fraction of sp³-hybridized carbons (Fsp3) is 0.667. The highest BCUT2D eigenvalue weighted by Gasteiger charge is 2.40. The van der Waals surface area contributed by atoms with Crippen molar-refractivity contribution in [3.05, 3.63) is 29.3 Å². The van der Waals surface area contributed by atoms with Crippen LogP contribution >= 0.6 is 0 Å². The third kappa shape index (κ3) is 3.99. The first-order valence-corrected chi connectivity index (χ1v) is 8.39. The first-order valence-electron chi connectivity index (χ1n) is 8.39. The van der Waals surface area contributed by atoms with Crippen LogP contribution in [0, 0.1) is 17.6 Å². The summed E-state index contributed by atoms with van der Waals surface area (Å²) in [6.07, 6.45) is 2.16. The molecule has 0 atom stereocenters. The van der Waals surface area contributed by atoms with Gasteiger partial charge in [0.05, 0.1) is 6.61 Å². The van der Waals surface area contributed by atoms with E-state index in [1.54, 1.807) is 0 Å². The zero-order valence-corrected chi connectivity index (χ0v) is 13.7. The van der Waals surface area contributed by atoms with E-state index in [4.69, 9.17) is 4.74 Å². The van der Waals surface area contributed by atoms with Crippen molar-refractivity contribution in [2.75, 3.05) is 6.61 Å². The van der Waals surface area contributed by atoms with Crippen molar-refractivity contribution in [1.29, 1.82) is 0 Å². The standard InChI is InChI=1S/C18H24F4O/c1-3-11-23-15-10-9-14(16(19)17(15)20)12-5-7-13(8-6-12)18(21,22)4-2/h9-10,12-13H,3-8,11H2,1-2H3. The van der Waals surface area contributed by atoms with Gasteiger partial charge < -0.3 is 4.74 Å². The molecule has 0 radical (unpaired) electrons. The fourth-order valence-electron chi connectivity index (χ4n) is 3.30. The van der Waals surface area contributed by atoms with Crippen LogP contribution in [0.5, 0.6) is 5.75 Å². The summed E-state index contributed by atoms with van der Waals surface area (Å²) < 4.78 is 60.9. The van der Waals surface area contributed by atoms with Crippen LogP contribution in [0.4, 0.5) is 17.6 Å². The molecule has 1 nitrogen and oxygen atoms in total. The van der Waals surface area contributed by atoms with E-state index in [0.29, 0.717) is 38.7 Å². The van der Waals surface area contributed by atoms with Crippen LogP contribution in [0.25, 0.3) is 0 Å². The van der Waals surface area contributed by atoms with Crippen molar-refractivity contribution in [3.8, 4) is 5.75 Å². The molecule has 0 amide bonds. The maximum atomic E-state index is 14.3. The molecule has 0 aromatic heterocycles. The minimum atomic E-state index is -2.66. The Labute approximate surface area is 135 Å². The quantitative estimate of drug-likeness (QED) is 0.574. The maximum Gasteiger partial charge on any atom is 0.250 e. The van der Waals surface area contributed by atoms with E-state index in [1.165, 1.54) is 19.1 Å². The van der Waals surface area contributed by atoms with Crippen molar-refractivity contribution in [3.63, 3.8) is 0 Å². The summed E-state index contributed by atoms with van der Waals surface area (Å²) >= 11 is 0. The summed E-state index contributed by atoms with van der Waals surface area (Å²) in [7, 11) is 0. The number of hydrogen-bond acceptors (Lipinski definition) is 1. The monoisotopic (exact) mass is 332 g/mol. The van der Waals surface area contributed by atoms with Gasteiger partial charge in [-0.3, -0.25) is 0 Å². The van der Waals surface area contributed by atoms with E-state index < -0.39 is 23.5 Å². The highest BCUT2D eigenvalue weighted by molar-refractivity contribution is 5.33. The summed E-state index contributed by atoms with van der Waals surface area (Å²) in [4.78, 5) is 0. The zero-order chi connectivity index (χ0) is 17.0. The van der Waals surface area contributed by atoms with Gasteiger partial charge >= 0.3 is 0 Å². The summed E-state index contributed by atoms with van der Waals surface area (Å²) in [6, 6.07) is 2.97. The Balaban J connectivity index is 2.08. The van der Waals surface area contributed by atoms with E-state index in [-0.39, 0.29) is 23.7 Å². The summed E-state index contributed by atoms with van der Waals surface area (Å²) in [5, 5.41) is 0. The van der Waals surface area contributed by atoms with Gasteiger partial charge in [-0.1, -0.05) is 19.9 Å². The third-order valence-corrected chi connectivity index (χ3v) is 4.77. The number of rotatable bonds is 6. The Morgan fingerprint density at radius 1 is 1.04 bits per heavy atom. The molecule has 0 N–H and O–H groups in total. The first-order chi connectivity index (χ1) is 10.9. The second-order valence-corrected chi connectivity index (χ2v) is 6.29. The van der Waals surface area contributed by atoms with Gasteiger partial charge in [0.2, 0.25) is 5.82 Å². The molecular weight excluding hydrogens is 308 g/mol. The van der Waals surface area contributed by atoms with Crippen LogP contribution in [0.15, 0.2) is 12.1 Å². The summed E-state index contributed by atoms with van der Waals surface area (Å²) in [5.74, 6) is -5.47. The predicted molar refractivity (Wildman–Crippen MR) is 82.1 cm³/mol. The molecule has 2 rings (SSSR count). The highest BCUT2D eigenvalue weighted by atomic mass is 19.3. The molecule has 1 saturated carbocycles. The number of alkyl halides is 2. The Morgan fingerprint density at radius 2 is 1.70 bits per heavy atom. The molecule has 0 unspecified atom stereocenters. The molecule has 1 aromatic carbocycles. The Bertz CT molecular complexity index is 522. The van der Waals surface area contributed by atoms with Crippen LogP contribution in [0.3, 0.4) is 0 Å². The average molecular weight is 332 g/mol. The molecule has 23 heavy (non-hydrogen) atoms. The van der Waals surface area contributed by atoms with Gasteiger partial charge in [-0.25, -0.2) is 13.2 Å². The van der Waals surface area contributed by atoms with Gasteiger partial charge in [0.15, 0.2) is 11.6 Å². The van der Waals surface area contributed by atoms with Gasteiger partial charge in [-0.2, -0.15) is 4.39 Å². The van der Waals surface area contributed by atoms with Gasteiger partial charge in [0.1, 0.15) is 0 Å². The van der Waals surface area contributed by atoms with Crippen LogP contribution in [0.2, 0.25) is 0 Å². The highest BCUT2D eigenvalue weighted by Crippen LogP contribution is 2.44. The topological polar surface area (TPSA) is 9.23 Å². The second-order valence-electron chi connectivity index (χ2n) is 6.29. The van der Waals surface area contributed by atoms with Crippen molar-refractivity contribution >= 4 is 0 Å². The smallest absolute Gasteiger partial charge is 0.250 e. The van der Waals surface area contributed by atoms with E-state index in [0.717, 1.165) is 0 Å². The summed E-state index contributed by atoms with van der Waals surface area (Å²) in [6.45, 7) is 3.69. The number of benzene rings is 1. The van der Waals surface area contributed by atoms with Crippen molar-refractivity contribution in [2.45, 2.75) is 64.2 Å². The molecule has 0 aliphatic heterocycles. The van der Waals surface area contributed by atoms with Crippen LogP contribution in [-0.2, 0) is 0 Å².